The van der Waals surface area contributed by atoms with Crippen molar-refractivity contribution in [3.05, 3.63) is 58.7 Å². The first kappa shape index (κ1) is 21.5. The molecule has 2 aromatic rings. The maximum atomic E-state index is 12.6. The molecule has 8 rings (SSSR count). The summed E-state index contributed by atoms with van der Waals surface area (Å²) in [6.45, 7) is 2.03. The molecule has 2 heterocycles. The summed E-state index contributed by atoms with van der Waals surface area (Å²) in [6, 6.07) is 12.4. The van der Waals surface area contributed by atoms with Gasteiger partial charge in [-0.15, -0.1) is 0 Å². The topological polar surface area (TPSA) is 74.5 Å². The first-order valence-corrected chi connectivity index (χ1v) is 13.9. The third-order valence-electron chi connectivity index (χ3n) is 10.2. The van der Waals surface area contributed by atoms with E-state index in [2.05, 4.69) is 35.2 Å². The Hall–Kier alpha value is -2.57. The van der Waals surface area contributed by atoms with Crippen molar-refractivity contribution in [1.82, 2.24) is 4.90 Å². The van der Waals surface area contributed by atoms with Gasteiger partial charge >= 0.3 is 0 Å². The lowest BCUT2D eigenvalue weighted by atomic mass is 9.49. The van der Waals surface area contributed by atoms with Crippen LogP contribution in [0.2, 0.25) is 0 Å². The summed E-state index contributed by atoms with van der Waals surface area (Å²) < 4.78 is 6.59. The van der Waals surface area contributed by atoms with Crippen LogP contribution in [0.4, 0.5) is 0 Å². The number of nitrogens with zero attached hydrogens (tertiary/aromatic N) is 2. The fourth-order valence-electron chi connectivity index (χ4n) is 8.32. The minimum absolute atomic E-state index is 0.0482. The van der Waals surface area contributed by atoms with E-state index in [9.17, 15) is 10.2 Å². The van der Waals surface area contributed by atoms with Crippen molar-refractivity contribution in [2.45, 2.75) is 87.1 Å². The number of piperidine rings is 1. The molecule has 0 aromatic heterocycles. The Labute approximate surface area is 211 Å². The van der Waals surface area contributed by atoms with Crippen LogP contribution in [0.3, 0.4) is 0 Å². The molecule has 2 unspecified atom stereocenters. The number of phenols is 1. The Morgan fingerprint density at radius 1 is 1.06 bits per heavy atom. The lowest BCUT2D eigenvalue weighted by Gasteiger charge is -2.63. The molecule has 0 radical (unpaired) electrons. The van der Waals surface area contributed by atoms with Gasteiger partial charge in [-0.25, -0.2) is 0 Å². The fraction of sp³-hybridized carbons (Fsp3) is 0.567. The molecule has 2 saturated carbocycles. The molecule has 1 saturated heterocycles. The zero-order valence-corrected chi connectivity index (χ0v) is 20.7. The van der Waals surface area contributed by atoms with Crippen LogP contribution < -0.4 is 4.74 Å². The van der Waals surface area contributed by atoms with Crippen molar-refractivity contribution in [3.63, 3.8) is 0 Å². The molecule has 36 heavy (non-hydrogen) atoms. The van der Waals surface area contributed by atoms with Gasteiger partial charge in [0.15, 0.2) is 23.7 Å². The van der Waals surface area contributed by atoms with E-state index in [1.165, 1.54) is 29.5 Å². The quantitative estimate of drug-likeness (QED) is 0.627. The smallest absolute Gasteiger partial charge is 0.166 e. The molecular formula is C30H34N2O4. The molecule has 6 aliphatic rings. The van der Waals surface area contributed by atoms with Crippen LogP contribution in [0.25, 0.3) is 0 Å². The van der Waals surface area contributed by atoms with Crippen molar-refractivity contribution in [2.75, 3.05) is 13.1 Å². The predicted octanol–water partition coefficient (Wildman–Crippen LogP) is 4.41. The van der Waals surface area contributed by atoms with Gasteiger partial charge in [-0.2, -0.15) is 0 Å². The van der Waals surface area contributed by atoms with Crippen molar-refractivity contribution in [3.8, 4) is 11.5 Å². The first-order chi connectivity index (χ1) is 17.6. The van der Waals surface area contributed by atoms with E-state index < -0.39 is 17.1 Å². The van der Waals surface area contributed by atoms with Gasteiger partial charge in [-0.05, 0) is 93.0 Å². The minimum atomic E-state index is -0.896. The molecule has 6 heteroatoms. The van der Waals surface area contributed by atoms with Crippen molar-refractivity contribution >= 4 is 5.71 Å². The van der Waals surface area contributed by atoms with Gasteiger partial charge in [0.25, 0.3) is 0 Å². The Bertz CT molecular complexity index is 1270. The monoisotopic (exact) mass is 486 g/mol. The van der Waals surface area contributed by atoms with Gasteiger partial charge in [-0.1, -0.05) is 35.5 Å². The summed E-state index contributed by atoms with van der Waals surface area (Å²) in [5.74, 6) is 1.50. The molecule has 2 bridgehead atoms. The van der Waals surface area contributed by atoms with Gasteiger partial charge in [-0.3, -0.25) is 4.90 Å². The molecule has 2 aromatic carbocycles. The molecule has 6 nitrogen and oxygen atoms in total. The summed E-state index contributed by atoms with van der Waals surface area (Å²) in [6.07, 6.45) is 8.23. The zero-order chi connectivity index (χ0) is 24.1. The summed E-state index contributed by atoms with van der Waals surface area (Å²) in [4.78, 5) is 8.83. The van der Waals surface area contributed by atoms with Crippen LogP contribution in [0.1, 0.15) is 73.3 Å². The highest BCUT2D eigenvalue weighted by atomic mass is 16.6. The molecule has 3 fully saturated rings. The van der Waals surface area contributed by atoms with Crippen molar-refractivity contribution in [2.24, 2.45) is 11.1 Å². The summed E-state index contributed by atoms with van der Waals surface area (Å²) in [5, 5.41) is 28.2. The molecular weight excluding hydrogens is 452 g/mol. The van der Waals surface area contributed by atoms with Crippen molar-refractivity contribution in [1.29, 1.82) is 0 Å². The standard InChI is InChI=1S/C30H34N2O4/c33-23-11-10-20-16-25-30(34)13-12-22(31-36-24-7-3-5-19-4-1-2-6-21(19)24)28-29(30,26(20)27(23)35-28)14-15-32(25)17-18-8-9-18/h1-2,4,6,10-11,18,24-25,28,33-34H,3,5,7-9,12-17H2/t24?,25-,28+,29+,30?/m1/s1. The maximum Gasteiger partial charge on any atom is 0.166 e. The number of aryl methyl sites for hydroxylation is 1. The van der Waals surface area contributed by atoms with Crippen LogP contribution >= 0.6 is 0 Å². The largest absolute Gasteiger partial charge is 0.504 e. The molecule has 1 spiro atoms. The van der Waals surface area contributed by atoms with E-state index in [1.54, 1.807) is 6.07 Å². The Kier molecular flexibility index (Phi) is 4.47. The number of likely N-dealkylation sites (tertiary alicyclic amines) is 1. The lowest BCUT2D eigenvalue weighted by Crippen LogP contribution is -2.76. The Morgan fingerprint density at radius 2 is 1.94 bits per heavy atom. The molecule has 4 aliphatic carbocycles. The highest BCUT2D eigenvalue weighted by molar-refractivity contribution is 5.94. The summed E-state index contributed by atoms with van der Waals surface area (Å²) in [7, 11) is 0. The summed E-state index contributed by atoms with van der Waals surface area (Å²) in [5.41, 5.74) is 4.23. The highest BCUT2D eigenvalue weighted by Gasteiger charge is 2.72. The Balaban J connectivity index is 1.19. The number of oxime groups is 1. The van der Waals surface area contributed by atoms with E-state index in [0.717, 1.165) is 62.4 Å². The van der Waals surface area contributed by atoms with Gasteiger partial charge in [0.1, 0.15) is 0 Å². The van der Waals surface area contributed by atoms with E-state index in [1.807, 2.05) is 0 Å². The third-order valence-corrected chi connectivity index (χ3v) is 10.2. The third kappa shape index (κ3) is 2.77. The van der Waals surface area contributed by atoms with Crippen molar-refractivity contribution < 1.29 is 19.8 Å². The average molecular weight is 487 g/mol. The number of hydrogen-bond donors (Lipinski definition) is 2. The van der Waals surface area contributed by atoms with Crippen LogP contribution in [0.15, 0.2) is 41.6 Å². The van der Waals surface area contributed by atoms with Gasteiger partial charge < -0.3 is 19.8 Å². The number of aliphatic hydroxyl groups is 1. The van der Waals surface area contributed by atoms with E-state index in [4.69, 9.17) is 14.7 Å². The van der Waals surface area contributed by atoms with Crippen LogP contribution in [0.5, 0.6) is 11.5 Å². The second kappa shape index (κ2) is 7.48. The number of rotatable bonds is 4. The number of fused-ring (bicyclic) bond motifs is 1. The van der Waals surface area contributed by atoms with Gasteiger partial charge in [0, 0.05) is 18.2 Å². The lowest BCUT2D eigenvalue weighted by molar-refractivity contribution is -0.167. The minimum Gasteiger partial charge on any atom is -0.504 e. The number of aromatic hydroxyl groups is 1. The Morgan fingerprint density at radius 3 is 2.83 bits per heavy atom. The van der Waals surface area contributed by atoms with Crippen LogP contribution in [-0.2, 0) is 23.1 Å². The molecule has 2 N–H and O–H groups in total. The van der Waals surface area contributed by atoms with Gasteiger partial charge in [0.2, 0.25) is 0 Å². The molecule has 188 valence electrons. The second-order valence-electron chi connectivity index (χ2n) is 12.0. The highest BCUT2D eigenvalue weighted by Crippen LogP contribution is 2.65. The fourth-order valence-corrected chi connectivity index (χ4v) is 8.32. The average Bonchev–Trinajstić information content (AvgIpc) is 3.63. The number of benzene rings is 2. The predicted molar refractivity (Wildman–Crippen MR) is 135 cm³/mol. The summed E-state index contributed by atoms with van der Waals surface area (Å²) >= 11 is 0. The maximum absolute atomic E-state index is 12.6. The van der Waals surface area contributed by atoms with Crippen LogP contribution in [0, 0.1) is 5.92 Å². The number of ether oxygens (including phenoxy) is 1. The first-order valence-electron chi connectivity index (χ1n) is 13.9. The second-order valence-corrected chi connectivity index (χ2v) is 12.0. The zero-order valence-electron chi connectivity index (χ0n) is 20.7. The number of phenolic OH excluding ortho intramolecular Hbond substituents is 1. The van der Waals surface area contributed by atoms with Crippen LogP contribution in [-0.4, -0.2) is 51.7 Å². The SMILES string of the molecule is Oc1ccc2c3c1O[C@H]1C(=NOC4CCCc5ccccc54)CCC4(O)[C@@H](C2)N(CC2CC2)CC[C@]314. The van der Waals surface area contributed by atoms with E-state index >= 15 is 0 Å². The van der Waals surface area contributed by atoms with E-state index in [0.29, 0.717) is 18.6 Å². The molecule has 5 atom stereocenters. The normalized spacial score (nSPS) is 37.2. The van der Waals surface area contributed by atoms with Gasteiger partial charge in [0.05, 0.1) is 16.7 Å². The van der Waals surface area contributed by atoms with E-state index in [-0.39, 0.29) is 17.9 Å². The molecule has 0 amide bonds. The number of hydrogen-bond acceptors (Lipinski definition) is 6. The molecule has 2 aliphatic heterocycles.